The number of nitrogens with one attached hydrogen (secondary N) is 2. The first-order chi connectivity index (χ1) is 14.1. The molecule has 3 heterocycles. The molecule has 0 radical (unpaired) electrons. The summed E-state index contributed by atoms with van der Waals surface area (Å²) in [4.78, 5) is 22.1. The van der Waals surface area contributed by atoms with E-state index in [0.29, 0.717) is 30.5 Å². The summed E-state index contributed by atoms with van der Waals surface area (Å²) in [5, 5.41) is 10.5. The van der Waals surface area contributed by atoms with Crippen LogP contribution in [0.2, 0.25) is 0 Å². The molecule has 30 heavy (non-hydrogen) atoms. The van der Waals surface area contributed by atoms with Gasteiger partial charge in [0, 0.05) is 51.2 Å². The van der Waals surface area contributed by atoms with E-state index < -0.39 is 10.0 Å². The Morgan fingerprint density at radius 3 is 2.80 bits per heavy atom. The van der Waals surface area contributed by atoms with E-state index in [-0.39, 0.29) is 18.5 Å². The van der Waals surface area contributed by atoms with E-state index in [2.05, 4.69) is 25.7 Å². The number of amides is 1. The van der Waals surface area contributed by atoms with Crippen LogP contribution in [0.15, 0.2) is 18.6 Å². The molecule has 164 valence electrons. The highest BCUT2D eigenvalue weighted by Crippen LogP contribution is 2.22. The van der Waals surface area contributed by atoms with Gasteiger partial charge < -0.3 is 15.5 Å². The summed E-state index contributed by atoms with van der Waals surface area (Å²) in [5.41, 5.74) is 1.52. The first-order valence-corrected chi connectivity index (χ1v) is 11.5. The van der Waals surface area contributed by atoms with Crippen molar-refractivity contribution in [3.63, 3.8) is 0 Å². The summed E-state index contributed by atoms with van der Waals surface area (Å²) in [6.45, 7) is 3.07. The van der Waals surface area contributed by atoms with Crippen molar-refractivity contribution in [3.05, 3.63) is 24.2 Å². The van der Waals surface area contributed by atoms with Crippen LogP contribution >= 0.6 is 0 Å². The highest BCUT2D eigenvalue weighted by molar-refractivity contribution is 7.88. The molecule has 3 rings (SSSR count). The molecule has 1 fully saturated rings. The lowest BCUT2D eigenvalue weighted by molar-refractivity contribution is -0.129. The van der Waals surface area contributed by atoms with Crippen molar-refractivity contribution in [2.75, 3.05) is 44.1 Å². The van der Waals surface area contributed by atoms with E-state index in [1.807, 2.05) is 6.92 Å². The van der Waals surface area contributed by atoms with Crippen LogP contribution in [-0.4, -0.2) is 82.8 Å². The fourth-order valence-electron chi connectivity index (χ4n) is 3.27. The summed E-state index contributed by atoms with van der Waals surface area (Å²) in [6.07, 6.45) is 7.92. The number of rotatable bonds is 8. The molecule has 0 unspecified atom stereocenters. The number of nitrogens with zero attached hydrogens (tertiary/aromatic N) is 6. The molecule has 2 N–H and O–H groups in total. The highest BCUT2D eigenvalue weighted by atomic mass is 32.2. The lowest BCUT2D eigenvalue weighted by atomic mass is 10.2. The second-order valence-electron chi connectivity index (χ2n) is 7.62. The molecule has 0 aromatic carbocycles. The average molecular weight is 437 g/mol. The molecular formula is C18H28N8O3S. The van der Waals surface area contributed by atoms with Crippen LogP contribution in [0.4, 0.5) is 17.5 Å². The van der Waals surface area contributed by atoms with Crippen molar-refractivity contribution >= 4 is 33.4 Å². The van der Waals surface area contributed by atoms with Crippen molar-refractivity contribution in [2.24, 2.45) is 0 Å². The largest absolute Gasteiger partial charge is 0.368 e. The molecule has 12 heteroatoms. The molecule has 0 aliphatic carbocycles. The van der Waals surface area contributed by atoms with Gasteiger partial charge in [0.2, 0.25) is 21.9 Å². The first kappa shape index (κ1) is 22.0. The zero-order valence-electron chi connectivity index (χ0n) is 17.7. The number of likely N-dealkylation sites (N-methyl/N-ethyl adjacent to an activating group) is 1. The maximum atomic E-state index is 11.9. The molecule has 0 spiro atoms. The Balaban J connectivity index is 1.64. The molecule has 2 aromatic heterocycles. The van der Waals surface area contributed by atoms with Gasteiger partial charge in [-0.25, -0.2) is 13.4 Å². The van der Waals surface area contributed by atoms with E-state index in [1.54, 1.807) is 37.0 Å². The van der Waals surface area contributed by atoms with Gasteiger partial charge >= 0.3 is 0 Å². The molecule has 1 atom stereocenters. The number of aryl methyl sites for hydroxylation is 1. The third-order valence-electron chi connectivity index (χ3n) is 4.91. The third-order valence-corrected chi connectivity index (χ3v) is 6.24. The zero-order chi connectivity index (χ0) is 21.9. The van der Waals surface area contributed by atoms with Gasteiger partial charge in [0.05, 0.1) is 18.1 Å². The molecule has 0 bridgehead atoms. The van der Waals surface area contributed by atoms with Crippen LogP contribution in [0.5, 0.6) is 0 Å². The van der Waals surface area contributed by atoms with Gasteiger partial charge in [-0.15, -0.1) is 0 Å². The second kappa shape index (κ2) is 8.96. The number of anilines is 3. The molecule has 0 saturated carbocycles. The van der Waals surface area contributed by atoms with Gasteiger partial charge in [0.25, 0.3) is 0 Å². The van der Waals surface area contributed by atoms with Crippen LogP contribution in [0.3, 0.4) is 0 Å². The molecule has 1 amide bonds. The summed E-state index contributed by atoms with van der Waals surface area (Å²) in [6, 6.07) is -0.0850. The van der Waals surface area contributed by atoms with Gasteiger partial charge in [0.1, 0.15) is 12.4 Å². The summed E-state index contributed by atoms with van der Waals surface area (Å²) < 4.78 is 26.9. The summed E-state index contributed by atoms with van der Waals surface area (Å²) in [7, 11) is 0.175. The lowest BCUT2D eigenvalue weighted by Gasteiger charge is -2.23. The normalized spacial score (nSPS) is 17.1. The Labute approximate surface area is 176 Å². The Hall–Kier alpha value is -2.73. The van der Waals surface area contributed by atoms with Gasteiger partial charge in [-0.2, -0.15) is 14.4 Å². The topological polar surface area (TPSA) is 125 Å². The average Bonchev–Trinajstić information content (AvgIpc) is 3.31. The Morgan fingerprint density at radius 1 is 1.33 bits per heavy atom. The fourth-order valence-corrected chi connectivity index (χ4v) is 4.45. The SMILES string of the molecule is Cc1cnc(Nc2cnn(CC(=O)N(C)C)c2)nc1NC[C@@H]1CCCN1S(C)(=O)=O. The van der Waals surface area contributed by atoms with E-state index >= 15 is 0 Å². The molecule has 11 nitrogen and oxygen atoms in total. The van der Waals surface area contributed by atoms with Crippen molar-refractivity contribution in [2.45, 2.75) is 32.4 Å². The third kappa shape index (κ3) is 5.45. The maximum Gasteiger partial charge on any atom is 0.243 e. The van der Waals surface area contributed by atoms with Crippen LogP contribution in [0.25, 0.3) is 0 Å². The van der Waals surface area contributed by atoms with Gasteiger partial charge in [-0.1, -0.05) is 0 Å². The van der Waals surface area contributed by atoms with Gasteiger partial charge in [-0.05, 0) is 19.8 Å². The number of carbonyl (C=O) groups is 1. The van der Waals surface area contributed by atoms with Crippen LogP contribution in [-0.2, 0) is 21.4 Å². The minimum atomic E-state index is -3.21. The van der Waals surface area contributed by atoms with Crippen LogP contribution in [0, 0.1) is 6.92 Å². The van der Waals surface area contributed by atoms with Crippen molar-refractivity contribution in [3.8, 4) is 0 Å². The first-order valence-electron chi connectivity index (χ1n) is 9.67. The smallest absolute Gasteiger partial charge is 0.243 e. The molecule has 1 aliphatic heterocycles. The number of sulfonamides is 1. The molecule has 1 aliphatic rings. The summed E-state index contributed by atoms with van der Waals surface area (Å²) in [5.74, 6) is 0.966. The number of aromatic nitrogens is 4. The van der Waals surface area contributed by atoms with E-state index in [1.165, 1.54) is 15.8 Å². The van der Waals surface area contributed by atoms with Crippen molar-refractivity contribution in [1.82, 2.24) is 29.0 Å². The molecule has 1 saturated heterocycles. The predicted octanol–water partition coefficient (Wildman–Crippen LogP) is 0.649. The zero-order valence-corrected chi connectivity index (χ0v) is 18.5. The van der Waals surface area contributed by atoms with E-state index in [0.717, 1.165) is 18.4 Å². The maximum absolute atomic E-state index is 11.9. The second-order valence-corrected chi connectivity index (χ2v) is 9.55. The van der Waals surface area contributed by atoms with Crippen LogP contribution in [0.1, 0.15) is 18.4 Å². The monoisotopic (exact) mass is 436 g/mol. The van der Waals surface area contributed by atoms with Gasteiger partial charge in [-0.3, -0.25) is 9.48 Å². The minimum Gasteiger partial charge on any atom is -0.368 e. The quantitative estimate of drug-likeness (QED) is 0.618. The van der Waals surface area contributed by atoms with Crippen molar-refractivity contribution < 1.29 is 13.2 Å². The number of hydrogen-bond donors (Lipinski definition) is 2. The van der Waals surface area contributed by atoms with E-state index in [4.69, 9.17) is 0 Å². The fraction of sp³-hybridized carbons (Fsp3) is 0.556. The lowest BCUT2D eigenvalue weighted by Crippen LogP contribution is -2.39. The van der Waals surface area contributed by atoms with Gasteiger partial charge in [0.15, 0.2) is 0 Å². The van der Waals surface area contributed by atoms with Crippen LogP contribution < -0.4 is 10.6 Å². The highest BCUT2D eigenvalue weighted by Gasteiger charge is 2.31. The molecule has 2 aromatic rings. The minimum absolute atomic E-state index is 0.0576. The number of hydrogen-bond acceptors (Lipinski definition) is 8. The number of carbonyl (C=O) groups excluding carboxylic acids is 1. The standard InChI is InChI=1S/C18H28N8O3S/c1-13-8-20-18(22-14-9-21-25(11-14)12-16(27)24(2)3)23-17(13)19-10-15-6-5-7-26(15)30(4,28)29/h8-9,11,15H,5-7,10,12H2,1-4H3,(H2,19,20,22,23)/t15-/m0/s1. The predicted molar refractivity (Wildman–Crippen MR) is 114 cm³/mol. The Morgan fingerprint density at radius 2 is 2.10 bits per heavy atom. The van der Waals surface area contributed by atoms with Crippen molar-refractivity contribution in [1.29, 1.82) is 0 Å². The summed E-state index contributed by atoms with van der Waals surface area (Å²) >= 11 is 0. The van der Waals surface area contributed by atoms with E-state index in [9.17, 15) is 13.2 Å². The Kier molecular flexibility index (Phi) is 6.56. The molecular weight excluding hydrogens is 408 g/mol. The Bertz CT molecular complexity index is 1000.